The van der Waals surface area contributed by atoms with Crippen molar-refractivity contribution in [1.82, 2.24) is 15.1 Å². The molecule has 1 fully saturated rings. The van der Waals surface area contributed by atoms with Crippen molar-refractivity contribution in [1.29, 1.82) is 0 Å². The van der Waals surface area contributed by atoms with Crippen molar-refractivity contribution < 1.29 is 22.7 Å². The summed E-state index contributed by atoms with van der Waals surface area (Å²) in [6.07, 6.45) is 0. The molecule has 1 aliphatic rings. The number of hydrogen-bond acceptors (Lipinski definition) is 7. The van der Waals surface area contributed by atoms with E-state index in [-0.39, 0.29) is 16.6 Å². The molecule has 1 aliphatic heterocycles. The molecule has 0 unspecified atom stereocenters. The summed E-state index contributed by atoms with van der Waals surface area (Å²) in [6.45, 7) is 4.61. The second kappa shape index (κ2) is 10.0. The topological polar surface area (TPSA) is 117 Å². The zero-order chi connectivity index (χ0) is 24.1. The molecule has 0 bridgehead atoms. The summed E-state index contributed by atoms with van der Waals surface area (Å²) in [6, 6.07) is 15.6. The third-order valence-electron chi connectivity index (χ3n) is 5.47. The fourth-order valence-corrected chi connectivity index (χ4v) is 4.74. The smallest absolute Gasteiger partial charge is 0.278 e. The number of hydrogen-bond donors (Lipinski definition) is 2. The Hall–Kier alpha value is -3.73. The Balaban J connectivity index is 1.39. The predicted octanol–water partition coefficient (Wildman–Crippen LogP) is 2.58. The van der Waals surface area contributed by atoms with E-state index in [9.17, 15) is 13.2 Å². The summed E-state index contributed by atoms with van der Waals surface area (Å²) in [7, 11) is -2.30. The number of aromatic amines is 1. The number of benzene rings is 2. The molecule has 34 heavy (non-hydrogen) atoms. The number of carbonyl (C=O) groups excluding carboxylic acids is 1. The van der Waals surface area contributed by atoms with Gasteiger partial charge in [-0.05, 0) is 43.3 Å². The molecule has 3 aromatic rings. The maximum Gasteiger partial charge on any atom is 0.278 e. The molecule has 2 N–H and O–H groups in total. The van der Waals surface area contributed by atoms with Crippen LogP contribution >= 0.6 is 0 Å². The van der Waals surface area contributed by atoms with E-state index in [4.69, 9.17) is 9.47 Å². The number of nitrogens with one attached hydrogen (secondary N) is 2. The number of carbonyl (C=O) groups is 1. The lowest BCUT2D eigenvalue weighted by molar-refractivity contribution is 0.0740. The molecule has 180 valence electrons. The molecule has 4 rings (SSSR count). The van der Waals surface area contributed by atoms with Gasteiger partial charge in [0.15, 0.2) is 10.7 Å². The van der Waals surface area contributed by atoms with Crippen molar-refractivity contribution in [2.45, 2.75) is 11.9 Å². The number of nitrogens with zero attached hydrogens (tertiary/aromatic N) is 3. The third-order valence-corrected chi connectivity index (χ3v) is 6.77. The first-order valence-corrected chi connectivity index (χ1v) is 12.4. The van der Waals surface area contributed by atoms with Crippen LogP contribution in [-0.4, -0.2) is 69.3 Å². The van der Waals surface area contributed by atoms with Crippen LogP contribution in [0.1, 0.15) is 17.4 Å². The van der Waals surface area contributed by atoms with Gasteiger partial charge < -0.3 is 19.3 Å². The number of methoxy groups -OCH3 is 1. The van der Waals surface area contributed by atoms with Gasteiger partial charge in [-0.2, -0.15) is 13.5 Å². The lowest BCUT2D eigenvalue weighted by Gasteiger charge is -2.36. The van der Waals surface area contributed by atoms with Crippen LogP contribution in [-0.2, 0) is 10.0 Å². The zero-order valence-electron chi connectivity index (χ0n) is 19.0. The zero-order valence-corrected chi connectivity index (χ0v) is 19.8. The number of rotatable bonds is 8. The highest BCUT2D eigenvalue weighted by Crippen LogP contribution is 2.28. The average molecular weight is 486 g/mol. The van der Waals surface area contributed by atoms with E-state index < -0.39 is 10.0 Å². The minimum Gasteiger partial charge on any atom is -0.495 e. The number of sulfonamides is 1. The van der Waals surface area contributed by atoms with Gasteiger partial charge in [0, 0.05) is 37.9 Å². The van der Waals surface area contributed by atoms with E-state index in [2.05, 4.69) is 19.8 Å². The van der Waals surface area contributed by atoms with Gasteiger partial charge in [0.25, 0.3) is 15.9 Å². The molecule has 10 nitrogen and oxygen atoms in total. The van der Waals surface area contributed by atoms with Crippen LogP contribution in [0, 0.1) is 0 Å². The molecule has 0 saturated carbocycles. The van der Waals surface area contributed by atoms with Gasteiger partial charge in [-0.1, -0.05) is 12.1 Å². The van der Waals surface area contributed by atoms with Gasteiger partial charge in [-0.25, -0.2) is 0 Å². The summed E-state index contributed by atoms with van der Waals surface area (Å²) < 4.78 is 38.7. The average Bonchev–Trinajstić information content (AvgIpc) is 3.36. The molecule has 0 radical (unpaired) electrons. The monoisotopic (exact) mass is 485 g/mol. The molecule has 11 heteroatoms. The predicted molar refractivity (Wildman–Crippen MR) is 128 cm³/mol. The molecular weight excluding hydrogens is 458 g/mol. The SMILES string of the molecule is CCOc1ccc(NS(=O)(=O)c2cc(C(=O)N3CCN(c4ccccc4OC)CC3)n[nH]2)cc1. The number of ether oxygens (including phenoxy) is 2. The van der Waals surface area contributed by atoms with Crippen LogP contribution in [0.25, 0.3) is 0 Å². The molecular formula is C23H27N5O5S. The Kier molecular flexibility index (Phi) is 6.92. The normalized spacial score (nSPS) is 14.1. The first kappa shape index (κ1) is 23.4. The Morgan fingerprint density at radius 3 is 2.47 bits per heavy atom. The standard InChI is InChI=1S/C23H27N5O5S/c1-3-33-18-10-8-17(9-11-18)26-34(30,31)22-16-19(24-25-22)23(29)28-14-12-27(13-15-28)20-6-4-5-7-21(20)32-2/h4-11,16,26H,3,12-15H2,1-2H3,(H,24,25). The fourth-order valence-electron chi connectivity index (χ4n) is 3.75. The second-order valence-corrected chi connectivity index (χ2v) is 9.28. The van der Waals surface area contributed by atoms with Gasteiger partial charge in [0.1, 0.15) is 11.5 Å². The lowest BCUT2D eigenvalue weighted by Crippen LogP contribution is -2.49. The highest BCUT2D eigenvalue weighted by molar-refractivity contribution is 7.92. The highest BCUT2D eigenvalue weighted by Gasteiger charge is 2.27. The van der Waals surface area contributed by atoms with E-state index in [1.165, 1.54) is 6.07 Å². The molecule has 1 amide bonds. The Bertz CT molecular complexity index is 1230. The van der Waals surface area contributed by atoms with Gasteiger partial charge in [-0.15, -0.1) is 0 Å². The fraction of sp³-hybridized carbons (Fsp3) is 0.304. The summed E-state index contributed by atoms with van der Waals surface area (Å²) in [5, 5.41) is 6.24. The maximum atomic E-state index is 12.9. The number of para-hydroxylation sites is 2. The lowest BCUT2D eigenvalue weighted by atomic mass is 10.2. The minimum absolute atomic E-state index is 0.0535. The van der Waals surface area contributed by atoms with Crippen LogP contribution in [0.5, 0.6) is 11.5 Å². The summed E-state index contributed by atoms with van der Waals surface area (Å²) >= 11 is 0. The van der Waals surface area contributed by atoms with Gasteiger partial charge in [0.2, 0.25) is 0 Å². The van der Waals surface area contributed by atoms with Crippen molar-refractivity contribution >= 4 is 27.3 Å². The van der Waals surface area contributed by atoms with E-state index in [0.717, 1.165) is 11.4 Å². The Morgan fingerprint density at radius 1 is 1.09 bits per heavy atom. The van der Waals surface area contributed by atoms with E-state index in [1.807, 2.05) is 31.2 Å². The van der Waals surface area contributed by atoms with Crippen molar-refractivity contribution in [2.75, 3.05) is 49.5 Å². The van der Waals surface area contributed by atoms with E-state index in [1.54, 1.807) is 36.3 Å². The number of amides is 1. The quantitative estimate of drug-likeness (QED) is 0.504. The molecule has 2 aromatic carbocycles. The largest absolute Gasteiger partial charge is 0.495 e. The van der Waals surface area contributed by atoms with Crippen LogP contribution in [0.15, 0.2) is 59.6 Å². The molecule has 1 aromatic heterocycles. The summed E-state index contributed by atoms with van der Waals surface area (Å²) in [5.41, 5.74) is 1.40. The number of anilines is 2. The van der Waals surface area contributed by atoms with Gasteiger partial charge in [0.05, 0.1) is 19.4 Å². The maximum absolute atomic E-state index is 12.9. The van der Waals surface area contributed by atoms with Crippen molar-refractivity contribution in [3.63, 3.8) is 0 Å². The first-order valence-electron chi connectivity index (χ1n) is 10.9. The molecule has 0 spiro atoms. The van der Waals surface area contributed by atoms with Crippen LogP contribution in [0.2, 0.25) is 0 Å². The summed E-state index contributed by atoms with van der Waals surface area (Å²) in [4.78, 5) is 16.8. The number of piperazine rings is 1. The van der Waals surface area contributed by atoms with Gasteiger partial charge in [-0.3, -0.25) is 14.6 Å². The number of H-pyrrole nitrogens is 1. The van der Waals surface area contributed by atoms with E-state index in [0.29, 0.717) is 44.2 Å². The third kappa shape index (κ3) is 5.09. The van der Waals surface area contributed by atoms with E-state index >= 15 is 0 Å². The Morgan fingerprint density at radius 2 is 1.79 bits per heavy atom. The highest BCUT2D eigenvalue weighted by atomic mass is 32.2. The van der Waals surface area contributed by atoms with Crippen molar-refractivity contribution in [3.05, 3.63) is 60.3 Å². The van der Waals surface area contributed by atoms with Crippen molar-refractivity contribution in [2.24, 2.45) is 0 Å². The molecule has 0 aliphatic carbocycles. The second-order valence-electron chi connectivity index (χ2n) is 7.63. The molecule has 2 heterocycles. The summed E-state index contributed by atoms with van der Waals surface area (Å²) in [5.74, 6) is 1.11. The minimum atomic E-state index is -3.94. The first-order chi connectivity index (χ1) is 16.4. The van der Waals surface area contributed by atoms with Crippen LogP contribution in [0.4, 0.5) is 11.4 Å². The van der Waals surface area contributed by atoms with Crippen LogP contribution < -0.4 is 19.1 Å². The van der Waals surface area contributed by atoms with Crippen molar-refractivity contribution in [3.8, 4) is 11.5 Å². The van der Waals surface area contributed by atoms with Crippen LogP contribution in [0.3, 0.4) is 0 Å². The Labute approximate surface area is 198 Å². The van der Waals surface area contributed by atoms with Gasteiger partial charge >= 0.3 is 0 Å². The number of aromatic nitrogens is 2. The molecule has 1 saturated heterocycles. The molecule has 0 atom stereocenters.